The van der Waals surface area contributed by atoms with Crippen molar-refractivity contribution in [3.63, 3.8) is 0 Å². The van der Waals surface area contributed by atoms with E-state index in [2.05, 4.69) is 22.5 Å². The second-order valence-electron chi connectivity index (χ2n) is 6.39. The van der Waals surface area contributed by atoms with Crippen molar-refractivity contribution >= 4 is 11.7 Å². The number of ether oxygens (including phenoxy) is 1. The first kappa shape index (κ1) is 17.2. The lowest BCUT2D eigenvalue weighted by molar-refractivity contribution is -0.117. The van der Waals surface area contributed by atoms with Crippen molar-refractivity contribution in [3.8, 4) is 5.75 Å². The summed E-state index contributed by atoms with van der Waals surface area (Å²) in [5.74, 6) is -0.377. The molecule has 1 aromatic heterocycles. The van der Waals surface area contributed by atoms with Gasteiger partial charge in [0.15, 0.2) is 0 Å². The number of rotatable bonds is 6. The van der Waals surface area contributed by atoms with Crippen LogP contribution in [-0.2, 0) is 24.7 Å². The Morgan fingerprint density at radius 2 is 2.00 bits per heavy atom. The van der Waals surface area contributed by atoms with Crippen LogP contribution in [0.15, 0.2) is 18.2 Å². The quantitative estimate of drug-likeness (QED) is 0.495. The van der Waals surface area contributed by atoms with Crippen LogP contribution in [0.1, 0.15) is 39.3 Å². The lowest BCUT2D eigenvalue weighted by atomic mass is 10.1. The number of nitrogens with one attached hydrogen (secondary N) is 1. The van der Waals surface area contributed by atoms with Crippen LogP contribution in [0.4, 0.5) is 0 Å². The second kappa shape index (κ2) is 7.09. The molecule has 0 radical (unpaired) electrons. The smallest absolute Gasteiger partial charge is 0.292 e. The average Bonchev–Trinajstić information content (AvgIpc) is 3.15. The van der Waals surface area contributed by atoms with Gasteiger partial charge in [0, 0.05) is 12.7 Å². The molecule has 0 saturated carbocycles. The van der Waals surface area contributed by atoms with Gasteiger partial charge in [0.05, 0.1) is 17.8 Å². The third kappa shape index (κ3) is 3.57. The van der Waals surface area contributed by atoms with Gasteiger partial charge in [-0.3, -0.25) is 14.3 Å². The Morgan fingerprint density at radius 3 is 2.72 bits per heavy atom. The van der Waals surface area contributed by atoms with Gasteiger partial charge < -0.3 is 10.1 Å². The Labute approximate surface area is 147 Å². The zero-order valence-electron chi connectivity index (χ0n) is 14.9. The third-order valence-corrected chi connectivity index (χ3v) is 4.67. The number of ketones is 1. The van der Waals surface area contributed by atoms with Crippen LogP contribution in [0.3, 0.4) is 0 Å². The topological polar surface area (TPSA) is 73.2 Å². The van der Waals surface area contributed by atoms with Gasteiger partial charge in [0.1, 0.15) is 12.4 Å². The number of benzene rings is 1. The van der Waals surface area contributed by atoms with Crippen LogP contribution >= 0.6 is 0 Å². The number of nitrogens with zero attached hydrogens (tertiary/aromatic N) is 2. The van der Waals surface area contributed by atoms with Crippen molar-refractivity contribution < 1.29 is 14.3 Å². The lowest BCUT2D eigenvalue weighted by Crippen LogP contribution is -2.34. The highest BCUT2D eigenvalue weighted by Crippen LogP contribution is 2.25. The summed E-state index contributed by atoms with van der Waals surface area (Å²) in [6.07, 6.45) is 3.44. The first-order chi connectivity index (χ1) is 12.0. The zero-order valence-corrected chi connectivity index (χ0v) is 14.9. The van der Waals surface area contributed by atoms with Gasteiger partial charge in [-0.1, -0.05) is 6.07 Å². The Morgan fingerprint density at radius 1 is 1.24 bits per heavy atom. The first-order valence-electron chi connectivity index (χ1n) is 8.54. The number of fused-ring (bicyclic) bond motifs is 1. The molecule has 0 fully saturated rings. The summed E-state index contributed by atoms with van der Waals surface area (Å²) in [6.45, 7) is 4.10. The van der Waals surface area contributed by atoms with Crippen LogP contribution < -0.4 is 10.1 Å². The van der Waals surface area contributed by atoms with Crippen molar-refractivity contribution in [1.29, 1.82) is 0 Å². The van der Waals surface area contributed by atoms with E-state index in [1.165, 1.54) is 17.5 Å². The van der Waals surface area contributed by atoms with Gasteiger partial charge in [-0.05, 0) is 56.4 Å². The summed E-state index contributed by atoms with van der Waals surface area (Å²) in [7, 11) is 1.75. The second-order valence-corrected chi connectivity index (χ2v) is 6.39. The molecule has 1 N–H and O–H groups in total. The van der Waals surface area contributed by atoms with Crippen molar-refractivity contribution in [3.05, 3.63) is 46.3 Å². The Balaban J connectivity index is 1.50. The Kier molecular flexibility index (Phi) is 4.88. The van der Waals surface area contributed by atoms with Crippen LogP contribution in [-0.4, -0.2) is 34.6 Å². The average molecular weight is 341 g/mol. The van der Waals surface area contributed by atoms with E-state index in [0.717, 1.165) is 18.6 Å². The van der Waals surface area contributed by atoms with E-state index in [1.54, 1.807) is 25.6 Å². The van der Waals surface area contributed by atoms with E-state index in [1.807, 2.05) is 6.07 Å². The van der Waals surface area contributed by atoms with Gasteiger partial charge in [-0.15, -0.1) is 0 Å². The maximum Gasteiger partial charge on any atom is 0.292 e. The normalized spacial score (nSPS) is 12.8. The number of amides is 1. The van der Waals surface area contributed by atoms with Crippen LogP contribution in [0.25, 0.3) is 0 Å². The largest absolute Gasteiger partial charge is 0.492 e. The molecule has 0 unspecified atom stereocenters. The zero-order chi connectivity index (χ0) is 18.0. The molecule has 2 aromatic rings. The van der Waals surface area contributed by atoms with Crippen molar-refractivity contribution in [2.24, 2.45) is 7.05 Å². The minimum Gasteiger partial charge on any atom is -0.492 e. The highest BCUT2D eigenvalue weighted by atomic mass is 16.5. The summed E-state index contributed by atoms with van der Waals surface area (Å²) in [5.41, 5.74) is 4.37. The Hall–Kier alpha value is -2.63. The maximum atomic E-state index is 12.3. The fourth-order valence-electron chi connectivity index (χ4n) is 3.27. The van der Waals surface area contributed by atoms with Gasteiger partial charge in [0.2, 0.25) is 0 Å². The molecule has 3 rings (SSSR count). The monoisotopic (exact) mass is 341 g/mol. The molecular weight excluding hydrogens is 318 g/mol. The van der Waals surface area contributed by atoms with E-state index >= 15 is 0 Å². The molecule has 0 spiro atoms. The number of aryl methyl sites for hydroxylation is 4. The van der Waals surface area contributed by atoms with Crippen LogP contribution in [0.5, 0.6) is 5.75 Å². The van der Waals surface area contributed by atoms with Gasteiger partial charge in [-0.2, -0.15) is 5.10 Å². The number of hydrogen-bond donors (Lipinski definition) is 1. The fraction of sp³-hybridized carbons (Fsp3) is 0.421. The van der Waals surface area contributed by atoms with Gasteiger partial charge >= 0.3 is 0 Å². The third-order valence-electron chi connectivity index (χ3n) is 4.67. The fourth-order valence-corrected chi connectivity index (χ4v) is 3.27. The van der Waals surface area contributed by atoms with E-state index in [-0.39, 0.29) is 6.54 Å². The van der Waals surface area contributed by atoms with Crippen molar-refractivity contribution in [2.75, 3.05) is 13.2 Å². The molecule has 0 bridgehead atoms. The molecular formula is C19H23N3O3. The standard InChI is InChI=1S/C19H23N3O3/c1-12-17(13(2)22(3)21-12)18(23)19(24)20-9-10-25-16-8-7-14-5-4-6-15(14)11-16/h7-8,11H,4-6,9-10H2,1-3H3,(H,20,24). The number of Topliss-reactive ketones (excluding diaryl/α,β-unsaturated/α-hetero) is 1. The molecule has 6 heteroatoms. The molecule has 6 nitrogen and oxygen atoms in total. The first-order valence-corrected chi connectivity index (χ1v) is 8.54. The summed E-state index contributed by atoms with van der Waals surface area (Å²) in [5, 5.41) is 6.79. The number of hydrogen-bond acceptors (Lipinski definition) is 4. The van der Waals surface area contributed by atoms with Crippen LogP contribution in [0.2, 0.25) is 0 Å². The number of aromatic nitrogens is 2. The maximum absolute atomic E-state index is 12.3. The summed E-state index contributed by atoms with van der Waals surface area (Å²) < 4.78 is 7.28. The number of carbonyl (C=O) groups excluding carboxylic acids is 2. The predicted octanol–water partition coefficient (Wildman–Crippen LogP) is 1.90. The Bertz CT molecular complexity index is 824. The minimum absolute atomic E-state index is 0.278. The molecule has 0 aliphatic heterocycles. The van der Waals surface area contributed by atoms with Gasteiger partial charge in [-0.25, -0.2) is 0 Å². The summed E-state index contributed by atoms with van der Waals surface area (Å²) in [4.78, 5) is 24.4. The summed E-state index contributed by atoms with van der Waals surface area (Å²) in [6, 6.07) is 6.13. The van der Waals surface area contributed by atoms with E-state index in [4.69, 9.17) is 4.74 Å². The van der Waals surface area contributed by atoms with E-state index < -0.39 is 11.7 Å². The molecule has 0 atom stereocenters. The van der Waals surface area contributed by atoms with Crippen molar-refractivity contribution in [2.45, 2.75) is 33.1 Å². The molecule has 1 heterocycles. The predicted molar refractivity (Wildman–Crippen MR) is 94.0 cm³/mol. The van der Waals surface area contributed by atoms with E-state index in [9.17, 15) is 9.59 Å². The molecule has 25 heavy (non-hydrogen) atoms. The lowest BCUT2D eigenvalue weighted by Gasteiger charge is -2.09. The molecule has 1 aliphatic carbocycles. The summed E-state index contributed by atoms with van der Waals surface area (Å²) >= 11 is 0. The molecule has 1 amide bonds. The van der Waals surface area contributed by atoms with Gasteiger partial charge in [0.25, 0.3) is 11.7 Å². The molecule has 1 aliphatic rings. The van der Waals surface area contributed by atoms with Crippen LogP contribution in [0, 0.1) is 13.8 Å². The molecule has 1 aromatic carbocycles. The van der Waals surface area contributed by atoms with E-state index in [0.29, 0.717) is 23.6 Å². The SMILES string of the molecule is Cc1nn(C)c(C)c1C(=O)C(=O)NCCOc1ccc2c(c1)CCC2. The molecule has 132 valence electrons. The number of carbonyl (C=O) groups is 2. The highest BCUT2D eigenvalue weighted by molar-refractivity contribution is 6.43. The highest BCUT2D eigenvalue weighted by Gasteiger charge is 2.23. The minimum atomic E-state index is -0.628. The van der Waals surface area contributed by atoms with Crippen molar-refractivity contribution in [1.82, 2.24) is 15.1 Å². The molecule has 0 saturated heterocycles.